The van der Waals surface area contributed by atoms with E-state index in [4.69, 9.17) is 5.73 Å². The van der Waals surface area contributed by atoms with Crippen molar-refractivity contribution in [2.45, 2.75) is 39.3 Å². The van der Waals surface area contributed by atoms with Crippen LogP contribution in [-0.2, 0) is 4.79 Å². The van der Waals surface area contributed by atoms with E-state index in [9.17, 15) is 4.79 Å². The van der Waals surface area contributed by atoms with Crippen LogP contribution in [0.4, 0.5) is 0 Å². The number of carbonyl (C=O) groups is 1. The smallest absolute Gasteiger partial charge is 0.223 e. The number of hydrogen-bond donors (Lipinski definition) is 1. The van der Waals surface area contributed by atoms with Crippen molar-refractivity contribution in [3.8, 4) is 0 Å². The van der Waals surface area contributed by atoms with Crippen molar-refractivity contribution in [3.05, 3.63) is 0 Å². The molecule has 0 rings (SSSR count). The van der Waals surface area contributed by atoms with E-state index in [1.165, 1.54) is 0 Å². The average Bonchev–Trinajstić information content (AvgIpc) is 1.98. The first kappa shape index (κ1) is 10.4. The second kappa shape index (κ2) is 5.13. The van der Waals surface area contributed by atoms with E-state index in [-0.39, 0.29) is 12.1 Å². The second-order valence-electron chi connectivity index (χ2n) is 2.85. The van der Waals surface area contributed by atoms with Crippen molar-refractivity contribution >= 4 is 5.91 Å². The SMILES string of the molecule is CCCCC(=O)N(C)C(C)N. The summed E-state index contributed by atoms with van der Waals surface area (Å²) in [5.41, 5.74) is 5.51. The summed E-state index contributed by atoms with van der Waals surface area (Å²) in [6.45, 7) is 3.88. The molecule has 3 nitrogen and oxygen atoms in total. The van der Waals surface area contributed by atoms with Gasteiger partial charge in [0.2, 0.25) is 5.91 Å². The lowest BCUT2D eigenvalue weighted by Crippen LogP contribution is -2.40. The Labute approximate surface area is 68.6 Å². The Morgan fingerprint density at radius 3 is 2.55 bits per heavy atom. The number of nitrogens with zero attached hydrogens (tertiary/aromatic N) is 1. The molecule has 0 aromatic rings. The van der Waals surface area contributed by atoms with E-state index in [1.807, 2.05) is 6.92 Å². The number of hydrogen-bond acceptors (Lipinski definition) is 2. The van der Waals surface area contributed by atoms with E-state index in [1.54, 1.807) is 11.9 Å². The van der Waals surface area contributed by atoms with Crippen LogP contribution in [0.5, 0.6) is 0 Å². The molecule has 0 aliphatic carbocycles. The molecule has 0 radical (unpaired) electrons. The van der Waals surface area contributed by atoms with Crippen LogP contribution in [0.3, 0.4) is 0 Å². The Kier molecular flexibility index (Phi) is 4.86. The summed E-state index contributed by atoms with van der Waals surface area (Å²) in [5, 5.41) is 0. The summed E-state index contributed by atoms with van der Waals surface area (Å²) < 4.78 is 0. The molecular weight excluding hydrogens is 140 g/mol. The minimum absolute atomic E-state index is 0.141. The van der Waals surface area contributed by atoms with Gasteiger partial charge < -0.3 is 10.6 Å². The summed E-state index contributed by atoms with van der Waals surface area (Å²) >= 11 is 0. The second-order valence-corrected chi connectivity index (χ2v) is 2.85. The van der Waals surface area contributed by atoms with E-state index in [0.717, 1.165) is 12.8 Å². The molecule has 1 amide bonds. The number of nitrogens with two attached hydrogens (primary N) is 1. The summed E-state index contributed by atoms with van der Waals surface area (Å²) in [7, 11) is 1.74. The largest absolute Gasteiger partial charge is 0.331 e. The lowest BCUT2D eigenvalue weighted by Gasteiger charge is -2.20. The molecule has 0 spiro atoms. The molecule has 11 heavy (non-hydrogen) atoms. The predicted octanol–water partition coefficient (Wildman–Crippen LogP) is 0.940. The molecule has 0 aromatic carbocycles. The van der Waals surface area contributed by atoms with Crippen molar-refractivity contribution in [1.29, 1.82) is 0 Å². The van der Waals surface area contributed by atoms with Crippen LogP contribution in [0.2, 0.25) is 0 Å². The fourth-order valence-corrected chi connectivity index (χ4v) is 0.731. The quantitative estimate of drug-likeness (QED) is 0.619. The van der Waals surface area contributed by atoms with Crippen LogP contribution >= 0.6 is 0 Å². The lowest BCUT2D eigenvalue weighted by molar-refractivity contribution is -0.131. The van der Waals surface area contributed by atoms with Gasteiger partial charge in [-0.3, -0.25) is 4.79 Å². The number of unbranched alkanes of at least 4 members (excludes halogenated alkanes) is 1. The molecule has 0 fully saturated rings. The molecule has 0 saturated heterocycles. The van der Waals surface area contributed by atoms with Gasteiger partial charge in [0, 0.05) is 13.5 Å². The zero-order valence-electron chi connectivity index (χ0n) is 7.63. The van der Waals surface area contributed by atoms with E-state index in [0.29, 0.717) is 6.42 Å². The van der Waals surface area contributed by atoms with Crippen LogP contribution in [0.25, 0.3) is 0 Å². The van der Waals surface area contributed by atoms with E-state index < -0.39 is 0 Å². The molecule has 0 bridgehead atoms. The van der Waals surface area contributed by atoms with Crippen LogP contribution < -0.4 is 5.73 Å². The van der Waals surface area contributed by atoms with Gasteiger partial charge in [0.05, 0.1) is 6.17 Å². The van der Waals surface area contributed by atoms with Crippen molar-refractivity contribution in [3.63, 3.8) is 0 Å². The number of amides is 1. The zero-order valence-corrected chi connectivity index (χ0v) is 7.63. The highest BCUT2D eigenvalue weighted by atomic mass is 16.2. The van der Waals surface area contributed by atoms with Gasteiger partial charge in [0.15, 0.2) is 0 Å². The Morgan fingerprint density at radius 1 is 1.64 bits per heavy atom. The molecule has 0 saturated carbocycles. The molecule has 0 aliphatic rings. The van der Waals surface area contributed by atoms with Crippen molar-refractivity contribution in [1.82, 2.24) is 4.90 Å². The fourth-order valence-electron chi connectivity index (χ4n) is 0.731. The Balaban J connectivity index is 3.64. The molecule has 1 atom stereocenters. The molecular formula is C8H18N2O. The summed E-state index contributed by atoms with van der Waals surface area (Å²) in [6, 6.07) is 0. The summed E-state index contributed by atoms with van der Waals surface area (Å²) in [4.78, 5) is 12.8. The van der Waals surface area contributed by atoms with Gasteiger partial charge in [0.1, 0.15) is 0 Å². The third-order valence-electron chi connectivity index (χ3n) is 1.75. The molecule has 3 heteroatoms. The third kappa shape index (κ3) is 3.98. The van der Waals surface area contributed by atoms with Gasteiger partial charge in [-0.25, -0.2) is 0 Å². The maximum atomic E-state index is 11.2. The number of rotatable bonds is 4. The average molecular weight is 158 g/mol. The molecule has 0 aliphatic heterocycles. The maximum Gasteiger partial charge on any atom is 0.223 e. The van der Waals surface area contributed by atoms with E-state index in [2.05, 4.69) is 6.92 Å². The minimum Gasteiger partial charge on any atom is -0.331 e. The summed E-state index contributed by atoms with van der Waals surface area (Å²) in [5.74, 6) is 0.141. The van der Waals surface area contributed by atoms with Gasteiger partial charge in [-0.05, 0) is 13.3 Å². The van der Waals surface area contributed by atoms with E-state index >= 15 is 0 Å². The summed E-state index contributed by atoms with van der Waals surface area (Å²) in [6.07, 6.45) is 2.46. The molecule has 1 unspecified atom stereocenters. The standard InChI is InChI=1S/C8H18N2O/c1-4-5-6-8(11)10(3)7(2)9/h7H,4-6,9H2,1-3H3. The highest BCUT2D eigenvalue weighted by molar-refractivity contribution is 5.76. The first-order valence-electron chi connectivity index (χ1n) is 4.10. The van der Waals surface area contributed by atoms with Crippen molar-refractivity contribution in [2.75, 3.05) is 7.05 Å². The minimum atomic E-state index is -0.167. The van der Waals surface area contributed by atoms with Crippen LogP contribution in [0.1, 0.15) is 33.1 Å². The van der Waals surface area contributed by atoms with Gasteiger partial charge in [-0.1, -0.05) is 13.3 Å². The van der Waals surface area contributed by atoms with Gasteiger partial charge in [0.25, 0.3) is 0 Å². The Morgan fingerprint density at radius 2 is 2.18 bits per heavy atom. The third-order valence-corrected chi connectivity index (χ3v) is 1.75. The predicted molar refractivity (Wildman–Crippen MR) is 45.9 cm³/mol. The van der Waals surface area contributed by atoms with Gasteiger partial charge in [-0.15, -0.1) is 0 Å². The maximum absolute atomic E-state index is 11.2. The van der Waals surface area contributed by atoms with Gasteiger partial charge in [-0.2, -0.15) is 0 Å². The first-order valence-corrected chi connectivity index (χ1v) is 4.10. The highest BCUT2D eigenvalue weighted by Gasteiger charge is 2.10. The Bertz CT molecular complexity index is 123. The van der Waals surface area contributed by atoms with Crippen LogP contribution in [0.15, 0.2) is 0 Å². The topological polar surface area (TPSA) is 46.3 Å². The molecule has 2 N–H and O–H groups in total. The molecule has 0 heterocycles. The normalized spacial score (nSPS) is 12.7. The van der Waals surface area contributed by atoms with Crippen molar-refractivity contribution < 1.29 is 4.79 Å². The van der Waals surface area contributed by atoms with Crippen LogP contribution in [-0.4, -0.2) is 24.0 Å². The fraction of sp³-hybridized carbons (Fsp3) is 0.875. The number of carbonyl (C=O) groups excluding carboxylic acids is 1. The van der Waals surface area contributed by atoms with Crippen molar-refractivity contribution in [2.24, 2.45) is 5.73 Å². The first-order chi connectivity index (χ1) is 5.09. The lowest BCUT2D eigenvalue weighted by atomic mass is 10.2. The van der Waals surface area contributed by atoms with Gasteiger partial charge >= 0.3 is 0 Å². The highest BCUT2D eigenvalue weighted by Crippen LogP contribution is 1.99. The Hall–Kier alpha value is -0.570. The zero-order chi connectivity index (χ0) is 8.85. The molecule has 0 aromatic heterocycles. The van der Waals surface area contributed by atoms with Crippen LogP contribution in [0, 0.1) is 0 Å². The molecule has 66 valence electrons. The monoisotopic (exact) mass is 158 g/mol.